The highest BCUT2D eigenvalue weighted by molar-refractivity contribution is 5.51. The second kappa shape index (κ2) is 6.18. The van der Waals surface area contributed by atoms with Gasteiger partial charge in [-0.15, -0.1) is 0 Å². The Labute approximate surface area is 101 Å². The van der Waals surface area contributed by atoms with Gasteiger partial charge in [-0.25, -0.2) is 4.98 Å². The summed E-state index contributed by atoms with van der Waals surface area (Å²) in [5, 5.41) is 21.9. The highest BCUT2D eigenvalue weighted by atomic mass is 16.5. The van der Waals surface area contributed by atoms with Crippen molar-refractivity contribution in [2.75, 3.05) is 25.6 Å². The second-order valence-corrected chi connectivity index (χ2v) is 4.10. The summed E-state index contributed by atoms with van der Waals surface area (Å²) in [6.45, 7) is 2.53. The molecule has 0 aliphatic rings. The van der Waals surface area contributed by atoms with Crippen LogP contribution in [0.2, 0.25) is 0 Å². The lowest BCUT2D eigenvalue weighted by Gasteiger charge is -2.23. The number of rotatable bonds is 6. The molecule has 5 heteroatoms. The number of methoxy groups -OCH3 is 1. The molecular formula is C12H17N3O2. The molecule has 0 bridgehead atoms. The highest BCUT2D eigenvalue weighted by Crippen LogP contribution is 2.14. The molecule has 0 fully saturated rings. The van der Waals surface area contributed by atoms with Crippen molar-refractivity contribution < 1.29 is 9.84 Å². The van der Waals surface area contributed by atoms with Crippen LogP contribution in [-0.2, 0) is 4.74 Å². The van der Waals surface area contributed by atoms with Crippen molar-refractivity contribution in [3.05, 3.63) is 23.9 Å². The summed E-state index contributed by atoms with van der Waals surface area (Å²) >= 11 is 0. The van der Waals surface area contributed by atoms with E-state index in [9.17, 15) is 5.11 Å². The number of nitriles is 1. The molecule has 0 aliphatic carbocycles. The predicted octanol–water partition coefficient (Wildman–Crippen LogP) is 1.15. The lowest BCUT2D eigenvalue weighted by Crippen LogP contribution is -2.35. The van der Waals surface area contributed by atoms with Crippen molar-refractivity contribution in [1.29, 1.82) is 5.26 Å². The molecule has 1 unspecified atom stereocenters. The van der Waals surface area contributed by atoms with E-state index in [-0.39, 0.29) is 0 Å². The molecule has 1 atom stereocenters. The Bertz CT molecular complexity index is 399. The van der Waals surface area contributed by atoms with Crippen molar-refractivity contribution in [1.82, 2.24) is 4.98 Å². The fraction of sp³-hybridized carbons (Fsp3) is 0.500. The van der Waals surface area contributed by atoms with Crippen LogP contribution in [-0.4, -0.2) is 36.0 Å². The Kier molecular flexibility index (Phi) is 4.88. The number of nitrogens with one attached hydrogen (secondary N) is 1. The van der Waals surface area contributed by atoms with Gasteiger partial charge in [-0.05, 0) is 19.1 Å². The van der Waals surface area contributed by atoms with Gasteiger partial charge in [0.15, 0.2) is 0 Å². The zero-order valence-electron chi connectivity index (χ0n) is 10.1. The first-order chi connectivity index (χ1) is 8.09. The molecule has 1 rings (SSSR count). The number of aromatic nitrogens is 1. The molecule has 0 aliphatic heterocycles. The summed E-state index contributed by atoms with van der Waals surface area (Å²) in [6, 6.07) is 5.42. The normalized spacial score (nSPS) is 13.8. The van der Waals surface area contributed by atoms with E-state index in [1.807, 2.05) is 6.07 Å². The number of hydrogen-bond acceptors (Lipinski definition) is 5. The Morgan fingerprint density at radius 1 is 1.65 bits per heavy atom. The molecule has 2 N–H and O–H groups in total. The number of ether oxygens (including phenoxy) is 1. The van der Waals surface area contributed by atoms with E-state index < -0.39 is 5.60 Å². The molecule has 5 nitrogen and oxygen atoms in total. The summed E-state index contributed by atoms with van der Waals surface area (Å²) < 4.78 is 4.92. The van der Waals surface area contributed by atoms with E-state index in [0.717, 1.165) is 0 Å². The predicted molar refractivity (Wildman–Crippen MR) is 64.6 cm³/mol. The first kappa shape index (κ1) is 13.4. The largest absolute Gasteiger partial charge is 0.388 e. The van der Waals surface area contributed by atoms with Gasteiger partial charge in [0, 0.05) is 32.9 Å². The third-order valence-electron chi connectivity index (χ3n) is 2.41. The Morgan fingerprint density at radius 3 is 3.06 bits per heavy atom. The molecule has 0 saturated heterocycles. The zero-order chi connectivity index (χ0) is 12.7. The average Bonchev–Trinajstić information content (AvgIpc) is 2.34. The Balaban J connectivity index is 2.58. The topological polar surface area (TPSA) is 78.2 Å². The molecule has 92 valence electrons. The minimum atomic E-state index is -0.889. The van der Waals surface area contributed by atoms with Gasteiger partial charge >= 0.3 is 0 Å². The van der Waals surface area contributed by atoms with E-state index in [2.05, 4.69) is 10.3 Å². The van der Waals surface area contributed by atoms with Crippen LogP contribution in [0.4, 0.5) is 5.82 Å². The average molecular weight is 235 g/mol. The van der Waals surface area contributed by atoms with Crippen molar-refractivity contribution in [2.45, 2.75) is 18.9 Å². The molecule has 0 amide bonds. The van der Waals surface area contributed by atoms with Gasteiger partial charge in [-0.3, -0.25) is 0 Å². The fourth-order valence-corrected chi connectivity index (χ4v) is 1.32. The van der Waals surface area contributed by atoms with Gasteiger partial charge in [0.25, 0.3) is 0 Å². The second-order valence-electron chi connectivity index (χ2n) is 4.10. The molecule has 0 spiro atoms. The van der Waals surface area contributed by atoms with E-state index in [0.29, 0.717) is 31.0 Å². The highest BCUT2D eigenvalue weighted by Gasteiger charge is 2.20. The summed E-state index contributed by atoms with van der Waals surface area (Å²) in [5.74, 6) is 0.493. The summed E-state index contributed by atoms with van der Waals surface area (Å²) in [4.78, 5) is 4.06. The van der Waals surface area contributed by atoms with Crippen LogP contribution in [0.5, 0.6) is 0 Å². The molecule has 0 radical (unpaired) electrons. The first-order valence-corrected chi connectivity index (χ1v) is 5.39. The van der Waals surface area contributed by atoms with E-state index in [1.54, 1.807) is 32.4 Å². The lowest BCUT2D eigenvalue weighted by molar-refractivity contribution is 0.0357. The maximum Gasteiger partial charge on any atom is 0.143 e. The van der Waals surface area contributed by atoms with Crippen LogP contribution in [0.15, 0.2) is 18.3 Å². The SMILES string of the molecule is COCCC(C)(O)CNc1ncccc1C#N. The molecular weight excluding hydrogens is 218 g/mol. The van der Waals surface area contributed by atoms with Gasteiger partial charge < -0.3 is 15.2 Å². The molecule has 0 aromatic carbocycles. The zero-order valence-corrected chi connectivity index (χ0v) is 10.1. The summed E-state index contributed by atoms with van der Waals surface area (Å²) in [5.41, 5.74) is -0.421. The quantitative estimate of drug-likeness (QED) is 0.773. The van der Waals surface area contributed by atoms with Crippen molar-refractivity contribution in [3.8, 4) is 6.07 Å². The number of hydrogen-bond donors (Lipinski definition) is 2. The number of pyridine rings is 1. The molecule has 0 saturated carbocycles. The van der Waals surface area contributed by atoms with Crippen LogP contribution >= 0.6 is 0 Å². The third-order valence-corrected chi connectivity index (χ3v) is 2.41. The Morgan fingerprint density at radius 2 is 2.41 bits per heavy atom. The smallest absolute Gasteiger partial charge is 0.143 e. The van der Waals surface area contributed by atoms with Crippen LogP contribution in [0.1, 0.15) is 18.9 Å². The van der Waals surface area contributed by atoms with Crippen molar-refractivity contribution in [2.24, 2.45) is 0 Å². The van der Waals surface area contributed by atoms with Crippen LogP contribution in [0.25, 0.3) is 0 Å². The van der Waals surface area contributed by atoms with E-state index in [4.69, 9.17) is 10.00 Å². The van der Waals surface area contributed by atoms with Crippen LogP contribution < -0.4 is 5.32 Å². The minimum Gasteiger partial charge on any atom is -0.388 e. The number of nitrogens with zero attached hydrogens (tertiary/aromatic N) is 2. The molecule has 17 heavy (non-hydrogen) atoms. The van der Waals surface area contributed by atoms with Gasteiger partial charge in [0.05, 0.1) is 11.2 Å². The van der Waals surface area contributed by atoms with Gasteiger partial charge in [-0.2, -0.15) is 5.26 Å². The van der Waals surface area contributed by atoms with Crippen molar-refractivity contribution in [3.63, 3.8) is 0 Å². The monoisotopic (exact) mass is 235 g/mol. The van der Waals surface area contributed by atoms with Crippen LogP contribution in [0.3, 0.4) is 0 Å². The first-order valence-electron chi connectivity index (χ1n) is 5.39. The van der Waals surface area contributed by atoms with Gasteiger partial charge in [-0.1, -0.05) is 0 Å². The van der Waals surface area contributed by atoms with E-state index in [1.165, 1.54) is 0 Å². The van der Waals surface area contributed by atoms with Crippen molar-refractivity contribution >= 4 is 5.82 Å². The molecule has 1 aromatic heterocycles. The maximum absolute atomic E-state index is 10.0. The minimum absolute atomic E-state index is 0.321. The molecule has 1 heterocycles. The number of anilines is 1. The van der Waals surface area contributed by atoms with Gasteiger partial charge in [0.1, 0.15) is 11.9 Å². The third kappa shape index (κ3) is 4.39. The fourth-order valence-electron chi connectivity index (χ4n) is 1.32. The standard InChI is InChI=1S/C12H17N3O2/c1-12(16,5-7-17-2)9-15-11-10(8-13)4-3-6-14-11/h3-4,6,16H,5,7,9H2,1-2H3,(H,14,15). The lowest BCUT2D eigenvalue weighted by atomic mass is 10.0. The Hall–Kier alpha value is -1.64. The summed E-state index contributed by atoms with van der Waals surface area (Å²) in [7, 11) is 1.59. The summed E-state index contributed by atoms with van der Waals surface area (Å²) in [6.07, 6.45) is 2.12. The molecule has 1 aromatic rings. The van der Waals surface area contributed by atoms with E-state index >= 15 is 0 Å². The number of aliphatic hydroxyl groups is 1. The van der Waals surface area contributed by atoms with Gasteiger partial charge in [0.2, 0.25) is 0 Å². The maximum atomic E-state index is 10.0. The van der Waals surface area contributed by atoms with Crippen LogP contribution in [0, 0.1) is 11.3 Å².